The van der Waals surface area contributed by atoms with Crippen LogP contribution in [-0.2, 0) is 12.8 Å². The minimum Gasteiger partial charge on any atom is -0.496 e. The van der Waals surface area contributed by atoms with Gasteiger partial charge in [-0.05, 0) is 36.1 Å². The quantitative estimate of drug-likeness (QED) is 0.842. The van der Waals surface area contributed by atoms with E-state index < -0.39 is 0 Å². The summed E-state index contributed by atoms with van der Waals surface area (Å²) < 4.78 is 5.34. The van der Waals surface area contributed by atoms with Crippen molar-refractivity contribution in [1.82, 2.24) is 15.5 Å². The molecule has 1 amide bonds. The molecule has 0 aliphatic heterocycles. The first-order valence-electron chi connectivity index (χ1n) is 7.13. The molecule has 0 saturated carbocycles. The Labute approximate surface area is 128 Å². The van der Waals surface area contributed by atoms with Crippen molar-refractivity contribution in [1.29, 1.82) is 0 Å². The zero-order chi connectivity index (χ0) is 15.9. The van der Waals surface area contributed by atoms with E-state index >= 15 is 0 Å². The van der Waals surface area contributed by atoms with Crippen LogP contribution in [0.4, 0.5) is 0 Å². The lowest BCUT2D eigenvalue weighted by Gasteiger charge is -2.11. The molecular formula is C16H19N3O3. The maximum atomic E-state index is 11.9. The molecular weight excluding hydrogens is 282 g/mol. The number of aryl methyl sites for hydroxylation is 1. The molecule has 2 N–H and O–H groups in total. The number of nitrogens with zero attached hydrogens (tertiary/aromatic N) is 1. The number of carbonyl (C=O) groups excluding carboxylic acids is 1. The van der Waals surface area contributed by atoms with E-state index in [-0.39, 0.29) is 17.2 Å². The lowest BCUT2D eigenvalue weighted by atomic mass is 10.1. The van der Waals surface area contributed by atoms with Crippen molar-refractivity contribution in [2.75, 3.05) is 13.7 Å². The molecule has 116 valence electrons. The molecule has 6 heteroatoms. The van der Waals surface area contributed by atoms with E-state index in [1.807, 2.05) is 12.1 Å². The highest BCUT2D eigenvalue weighted by molar-refractivity contribution is 5.91. The van der Waals surface area contributed by atoms with Crippen molar-refractivity contribution in [3.8, 4) is 5.75 Å². The minimum atomic E-state index is -0.335. The first-order chi connectivity index (χ1) is 10.6. The van der Waals surface area contributed by atoms with E-state index in [4.69, 9.17) is 4.74 Å². The summed E-state index contributed by atoms with van der Waals surface area (Å²) in [5.74, 6) is 0.496. The van der Waals surface area contributed by atoms with E-state index in [1.165, 1.54) is 17.7 Å². The van der Waals surface area contributed by atoms with Gasteiger partial charge in [-0.15, -0.1) is 0 Å². The number of ether oxygens (including phenoxy) is 1. The normalized spacial score (nSPS) is 10.3. The molecule has 0 spiro atoms. The Morgan fingerprint density at radius 3 is 2.77 bits per heavy atom. The number of carbonyl (C=O) groups is 1. The molecule has 0 radical (unpaired) electrons. The minimum absolute atomic E-state index is 0.189. The van der Waals surface area contributed by atoms with E-state index in [9.17, 15) is 9.59 Å². The lowest BCUT2D eigenvalue weighted by Crippen LogP contribution is -2.27. The van der Waals surface area contributed by atoms with Gasteiger partial charge in [-0.3, -0.25) is 9.59 Å². The van der Waals surface area contributed by atoms with Gasteiger partial charge in [0.15, 0.2) is 0 Å². The van der Waals surface area contributed by atoms with Gasteiger partial charge >= 0.3 is 0 Å². The van der Waals surface area contributed by atoms with Gasteiger partial charge in [0.1, 0.15) is 11.4 Å². The molecule has 0 aliphatic rings. The number of aromatic nitrogens is 2. The van der Waals surface area contributed by atoms with E-state index in [0.29, 0.717) is 13.0 Å². The van der Waals surface area contributed by atoms with Crippen LogP contribution in [0, 0.1) is 0 Å². The Balaban J connectivity index is 1.97. The van der Waals surface area contributed by atoms with E-state index in [1.54, 1.807) is 7.11 Å². The van der Waals surface area contributed by atoms with Crippen LogP contribution in [0.2, 0.25) is 0 Å². The standard InChI is InChI=1S/C16H19N3O3/c1-3-11-4-6-14(22-2)12(10-11)8-9-17-16(21)13-5-7-15(20)19-18-13/h4-7,10H,3,8-9H2,1-2H3,(H,17,21)(H,19,20). The van der Waals surface area contributed by atoms with Gasteiger partial charge in [0.05, 0.1) is 7.11 Å². The summed E-state index contributed by atoms with van der Waals surface area (Å²) in [7, 11) is 1.63. The SMILES string of the molecule is CCc1ccc(OC)c(CCNC(=O)c2ccc(=O)[nH]n2)c1. The summed E-state index contributed by atoms with van der Waals surface area (Å²) in [4.78, 5) is 22.8. The average molecular weight is 301 g/mol. The van der Waals surface area contributed by atoms with Crippen LogP contribution in [0.1, 0.15) is 28.5 Å². The highest BCUT2D eigenvalue weighted by Crippen LogP contribution is 2.20. The van der Waals surface area contributed by atoms with Crippen molar-refractivity contribution in [3.05, 3.63) is 57.5 Å². The highest BCUT2D eigenvalue weighted by Gasteiger charge is 2.08. The van der Waals surface area contributed by atoms with Crippen molar-refractivity contribution in [2.24, 2.45) is 0 Å². The van der Waals surface area contributed by atoms with Gasteiger partial charge in [0.2, 0.25) is 0 Å². The molecule has 2 rings (SSSR count). The smallest absolute Gasteiger partial charge is 0.271 e. The molecule has 0 fully saturated rings. The first kappa shape index (κ1) is 15.8. The molecule has 0 atom stereocenters. The Bertz CT molecular complexity index is 690. The van der Waals surface area contributed by atoms with Crippen LogP contribution in [0.15, 0.2) is 35.1 Å². The van der Waals surface area contributed by atoms with E-state index in [2.05, 4.69) is 28.5 Å². The van der Waals surface area contributed by atoms with Crippen LogP contribution in [0.5, 0.6) is 5.75 Å². The second-order valence-electron chi connectivity index (χ2n) is 4.81. The molecule has 1 aromatic heterocycles. The third-order valence-electron chi connectivity index (χ3n) is 3.34. The van der Waals surface area contributed by atoms with Crippen LogP contribution < -0.4 is 15.6 Å². The van der Waals surface area contributed by atoms with Crippen molar-refractivity contribution in [3.63, 3.8) is 0 Å². The lowest BCUT2D eigenvalue weighted by molar-refractivity contribution is 0.0948. The molecule has 0 aliphatic carbocycles. The van der Waals surface area contributed by atoms with Gasteiger partial charge in [0.25, 0.3) is 11.5 Å². The van der Waals surface area contributed by atoms with Crippen LogP contribution in [0.3, 0.4) is 0 Å². The predicted molar refractivity (Wildman–Crippen MR) is 83.3 cm³/mol. The fourth-order valence-corrected chi connectivity index (χ4v) is 2.12. The molecule has 0 saturated heterocycles. The molecule has 22 heavy (non-hydrogen) atoms. The number of amides is 1. The summed E-state index contributed by atoms with van der Waals surface area (Å²) in [5, 5.41) is 8.70. The Hall–Kier alpha value is -2.63. The molecule has 1 aromatic carbocycles. The second kappa shape index (κ2) is 7.40. The second-order valence-corrected chi connectivity index (χ2v) is 4.81. The molecule has 6 nitrogen and oxygen atoms in total. The highest BCUT2D eigenvalue weighted by atomic mass is 16.5. The summed E-state index contributed by atoms with van der Waals surface area (Å²) in [5.41, 5.74) is 2.13. The molecule has 0 bridgehead atoms. The van der Waals surface area contributed by atoms with Gasteiger partial charge < -0.3 is 10.1 Å². The Kier molecular flexibility index (Phi) is 5.30. The largest absolute Gasteiger partial charge is 0.496 e. The number of hydrogen-bond acceptors (Lipinski definition) is 4. The summed E-state index contributed by atoms with van der Waals surface area (Å²) in [6.07, 6.45) is 1.61. The predicted octanol–water partition coefficient (Wildman–Crippen LogP) is 1.31. The number of rotatable bonds is 6. The van der Waals surface area contributed by atoms with Crippen molar-refractivity contribution >= 4 is 5.91 Å². The van der Waals surface area contributed by atoms with Gasteiger partial charge in [-0.25, -0.2) is 5.10 Å². The summed E-state index contributed by atoms with van der Waals surface area (Å²) in [6.45, 7) is 2.55. The van der Waals surface area contributed by atoms with Gasteiger partial charge in [-0.1, -0.05) is 19.1 Å². The third kappa shape index (κ3) is 3.94. The van der Waals surface area contributed by atoms with Crippen molar-refractivity contribution < 1.29 is 9.53 Å². The number of aromatic amines is 1. The first-order valence-corrected chi connectivity index (χ1v) is 7.13. The maximum Gasteiger partial charge on any atom is 0.271 e. The fraction of sp³-hybridized carbons (Fsp3) is 0.312. The van der Waals surface area contributed by atoms with Crippen molar-refractivity contribution in [2.45, 2.75) is 19.8 Å². The monoisotopic (exact) mass is 301 g/mol. The Morgan fingerprint density at radius 1 is 1.32 bits per heavy atom. The van der Waals surface area contributed by atoms with Gasteiger partial charge in [0, 0.05) is 12.6 Å². The fourth-order valence-electron chi connectivity index (χ4n) is 2.12. The van der Waals surface area contributed by atoms with E-state index in [0.717, 1.165) is 17.7 Å². The number of H-pyrrole nitrogens is 1. The zero-order valence-corrected chi connectivity index (χ0v) is 12.7. The maximum absolute atomic E-state index is 11.9. The summed E-state index contributed by atoms with van der Waals surface area (Å²) >= 11 is 0. The number of benzene rings is 1. The average Bonchev–Trinajstić information content (AvgIpc) is 2.55. The van der Waals surface area contributed by atoms with Crippen LogP contribution in [-0.4, -0.2) is 29.8 Å². The molecule has 0 unspecified atom stereocenters. The third-order valence-corrected chi connectivity index (χ3v) is 3.34. The zero-order valence-electron chi connectivity index (χ0n) is 12.7. The molecule has 2 aromatic rings. The topological polar surface area (TPSA) is 84.1 Å². The summed E-state index contributed by atoms with van der Waals surface area (Å²) in [6, 6.07) is 8.73. The number of hydrogen-bond donors (Lipinski definition) is 2. The Morgan fingerprint density at radius 2 is 2.14 bits per heavy atom. The number of methoxy groups -OCH3 is 1. The molecule has 1 heterocycles. The van der Waals surface area contributed by atoms with Crippen LogP contribution in [0.25, 0.3) is 0 Å². The number of nitrogens with one attached hydrogen (secondary N) is 2. The van der Waals surface area contributed by atoms with Crippen LogP contribution >= 0.6 is 0 Å². The van der Waals surface area contributed by atoms with Gasteiger partial charge in [-0.2, -0.15) is 5.10 Å².